The average Bonchev–Trinajstić information content (AvgIpc) is 3.21. The van der Waals surface area contributed by atoms with Gasteiger partial charge in [-0.15, -0.1) is 0 Å². The number of amides is 1. The van der Waals surface area contributed by atoms with Gasteiger partial charge in [0.05, 0.1) is 26.8 Å². The van der Waals surface area contributed by atoms with Crippen LogP contribution < -0.4 is 14.4 Å². The van der Waals surface area contributed by atoms with E-state index < -0.39 is 0 Å². The highest BCUT2D eigenvalue weighted by Gasteiger charge is 2.31. The molecule has 1 fully saturated rings. The molecule has 0 saturated carbocycles. The quantitative estimate of drug-likeness (QED) is 0.720. The highest BCUT2D eigenvalue weighted by molar-refractivity contribution is 5.82. The van der Waals surface area contributed by atoms with Gasteiger partial charge in [-0.25, -0.2) is 4.39 Å². The summed E-state index contributed by atoms with van der Waals surface area (Å²) in [5, 5.41) is 0. The Bertz CT molecular complexity index is 827. The fourth-order valence-electron chi connectivity index (χ4n) is 3.78. The molecule has 0 aromatic heterocycles. The summed E-state index contributed by atoms with van der Waals surface area (Å²) in [5.74, 6) is 1.08. The van der Waals surface area contributed by atoms with Crippen molar-refractivity contribution < 1.29 is 18.7 Å². The van der Waals surface area contributed by atoms with E-state index in [1.54, 1.807) is 20.3 Å². The number of benzene rings is 2. The number of hydrogen-bond donors (Lipinski definition) is 0. The van der Waals surface area contributed by atoms with Crippen molar-refractivity contribution in [1.82, 2.24) is 4.90 Å². The van der Waals surface area contributed by atoms with Gasteiger partial charge in [0.25, 0.3) is 0 Å². The van der Waals surface area contributed by atoms with Crippen molar-refractivity contribution in [3.63, 3.8) is 0 Å². The molecule has 0 bridgehead atoms. The summed E-state index contributed by atoms with van der Waals surface area (Å²) < 4.78 is 24.3. The van der Waals surface area contributed by atoms with Crippen molar-refractivity contribution in [2.45, 2.75) is 25.8 Å². The Morgan fingerprint density at radius 1 is 1.18 bits per heavy atom. The van der Waals surface area contributed by atoms with Gasteiger partial charge in [-0.05, 0) is 55.7 Å². The Kier molecular flexibility index (Phi) is 6.39. The third kappa shape index (κ3) is 4.21. The second-order valence-corrected chi connectivity index (χ2v) is 6.85. The van der Waals surface area contributed by atoms with Crippen molar-refractivity contribution >= 4 is 11.6 Å². The zero-order valence-electron chi connectivity index (χ0n) is 16.7. The second kappa shape index (κ2) is 8.95. The zero-order chi connectivity index (χ0) is 20.1. The van der Waals surface area contributed by atoms with Gasteiger partial charge >= 0.3 is 0 Å². The zero-order valence-corrected chi connectivity index (χ0v) is 16.7. The van der Waals surface area contributed by atoms with Gasteiger partial charge < -0.3 is 19.3 Å². The molecular formula is C22H27FN2O3. The van der Waals surface area contributed by atoms with Crippen LogP contribution in [0.4, 0.5) is 10.1 Å². The van der Waals surface area contributed by atoms with Crippen molar-refractivity contribution in [2.24, 2.45) is 0 Å². The molecule has 1 aliphatic heterocycles. The average molecular weight is 386 g/mol. The Morgan fingerprint density at radius 2 is 1.96 bits per heavy atom. The Labute approximate surface area is 165 Å². The van der Waals surface area contributed by atoms with Crippen LogP contribution in [0.15, 0.2) is 42.5 Å². The molecule has 3 rings (SSSR count). The molecule has 5 nitrogen and oxygen atoms in total. The number of likely N-dealkylation sites (N-methyl/N-ethyl adjacent to an activating group) is 1. The summed E-state index contributed by atoms with van der Waals surface area (Å²) in [7, 11) is 3.21. The van der Waals surface area contributed by atoms with E-state index in [9.17, 15) is 9.18 Å². The SMILES string of the molecule is CCN(CC(=O)N1CCCC1c1ccc(OC)c(OC)c1)c1cccc(F)c1. The summed E-state index contributed by atoms with van der Waals surface area (Å²) in [6.45, 7) is 3.54. The predicted octanol–water partition coefficient (Wildman–Crippen LogP) is 4.03. The summed E-state index contributed by atoms with van der Waals surface area (Å²) in [5.41, 5.74) is 1.76. The highest BCUT2D eigenvalue weighted by Crippen LogP contribution is 2.37. The van der Waals surface area contributed by atoms with Gasteiger partial charge in [0.2, 0.25) is 5.91 Å². The summed E-state index contributed by atoms with van der Waals surface area (Å²) in [6, 6.07) is 12.2. The first kappa shape index (κ1) is 20.0. The molecule has 1 amide bonds. The molecule has 28 heavy (non-hydrogen) atoms. The van der Waals surface area contributed by atoms with E-state index in [0.29, 0.717) is 18.0 Å². The number of likely N-dealkylation sites (tertiary alicyclic amines) is 1. The molecule has 1 saturated heterocycles. The normalized spacial score (nSPS) is 16.1. The maximum Gasteiger partial charge on any atom is 0.242 e. The van der Waals surface area contributed by atoms with Crippen LogP contribution in [-0.4, -0.2) is 44.7 Å². The van der Waals surface area contributed by atoms with Crippen molar-refractivity contribution in [3.05, 3.63) is 53.8 Å². The first-order valence-electron chi connectivity index (χ1n) is 9.59. The Hall–Kier alpha value is -2.76. The van der Waals surface area contributed by atoms with E-state index in [1.165, 1.54) is 12.1 Å². The lowest BCUT2D eigenvalue weighted by molar-refractivity contribution is -0.130. The number of hydrogen-bond acceptors (Lipinski definition) is 4. The Morgan fingerprint density at radius 3 is 2.64 bits per heavy atom. The van der Waals surface area contributed by atoms with Crippen LogP contribution in [0.1, 0.15) is 31.4 Å². The molecule has 2 aromatic rings. The number of anilines is 1. The van der Waals surface area contributed by atoms with E-state index in [1.807, 2.05) is 41.0 Å². The summed E-state index contributed by atoms with van der Waals surface area (Å²) >= 11 is 0. The maximum absolute atomic E-state index is 13.6. The smallest absolute Gasteiger partial charge is 0.242 e. The lowest BCUT2D eigenvalue weighted by Crippen LogP contribution is -2.40. The van der Waals surface area contributed by atoms with Crippen molar-refractivity contribution in [2.75, 3.05) is 38.8 Å². The van der Waals surface area contributed by atoms with Gasteiger partial charge in [-0.3, -0.25) is 4.79 Å². The molecule has 1 atom stereocenters. The maximum atomic E-state index is 13.6. The van der Waals surface area contributed by atoms with E-state index in [0.717, 1.165) is 30.6 Å². The number of rotatable bonds is 7. The molecule has 150 valence electrons. The van der Waals surface area contributed by atoms with Gasteiger partial charge in [-0.1, -0.05) is 12.1 Å². The number of carbonyl (C=O) groups excluding carboxylic acids is 1. The van der Waals surface area contributed by atoms with Gasteiger partial charge in [0.15, 0.2) is 11.5 Å². The fraction of sp³-hybridized carbons (Fsp3) is 0.409. The van der Waals surface area contributed by atoms with Crippen molar-refractivity contribution in [1.29, 1.82) is 0 Å². The van der Waals surface area contributed by atoms with Crippen LogP contribution in [0.2, 0.25) is 0 Å². The fourth-order valence-corrected chi connectivity index (χ4v) is 3.78. The van der Waals surface area contributed by atoms with Crippen LogP contribution in [0.5, 0.6) is 11.5 Å². The van der Waals surface area contributed by atoms with Crippen molar-refractivity contribution in [3.8, 4) is 11.5 Å². The summed E-state index contributed by atoms with van der Waals surface area (Å²) in [4.78, 5) is 16.9. The molecule has 2 aromatic carbocycles. The van der Waals surface area contributed by atoms with Gasteiger partial charge in [-0.2, -0.15) is 0 Å². The number of carbonyl (C=O) groups is 1. The minimum atomic E-state index is -0.298. The highest BCUT2D eigenvalue weighted by atomic mass is 19.1. The number of nitrogens with zero attached hydrogens (tertiary/aromatic N) is 2. The van der Waals surface area contributed by atoms with Crippen LogP contribution in [0.3, 0.4) is 0 Å². The molecule has 0 aliphatic carbocycles. The second-order valence-electron chi connectivity index (χ2n) is 6.85. The molecule has 0 radical (unpaired) electrons. The molecule has 0 N–H and O–H groups in total. The van der Waals surface area contributed by atoms with E-state index in [4.69, 9.17) is 9.47 Å². The van der Waals surface area contributed by atoms with Gasteiger partial charge in [0.1, 0.15) is 5.82 Å². The van der Waals surface area contributed by atoms with Crippen LogP contribution >= 0.6 is 0 Å². The Balaban J connectivity index is 1.77. The monoisotopic (exact) mass is 386 g/mol. The van der Waals surface area contributed by atoms with Crippen LogP contribution in [0.25, 0.3) is 0 Å². The van der Waals surface area contributed by atoms with Gasteiger partial charge in [0, 0.05) is 18.8 Å². The molecule has 0 spiro atoms. The molecular weight excluding hydrogens is 359 g/mol. The molecule has 6 heteroatoms. The molecule has 1 unspecified atom stereocenters. The predicted molar refractivity (Wildman–Crippen MR) is 108 cm³/mol. The number of ether oxygens (including phenoxy) is 2. The lowest BCUT2D eigenvalue weighted by atomic mass is 10.0. The third-order valence-electron chi connectivity index (χ3n) is 5.25. The minimum Gasteiger partial charge on any atom is -0.493 e. The first-order chi connectivity index (χ1) is 13.6. The van der Waals surface area contributed by atoms with E-state index in [2.05, 4.69) is 0 Å². The third-order valence-corrected chi connectivity index (χ3v) is 5.25. The van der Waals surface area contributed by atoms with E-state index in [-0.39, 0.29) is 24.3 Å². The molecule has 1 aliphatic rings. The lowest BCUT2D eigenvalue weighted by Gasteiger charge is -2.29. The standard InChI is InChI=1S/C22H27FN2O3/c1-4-24(18-8-5-7-17(23)14-18)15-22(26)25-12-6-9-19(25)16-10-11-20(27-2)21(13-16)28-3/h5,7-8,10-11,13-14,19H,4,6,9,12,15H2,1-3H3. The van der Waals surface area contributed by atoms with Crippen LogP contribution in [0, 0.1) is 5.82 Å². The summed E-state index contributed by atoms with van der Waals surface area (Å²) in [6.07, 6.45) is 1.87. The number of halogens is 1. The first-order valence-corrected chi connectivity index (χ1v) is 9.59. The van der Waals surface area contributed by atoms with E-state index >= 15 is 0 Å². The number of methoxy groups -OCH3 is 2. The largest absolute Gasteiger partial charge is 0.493 e. The minimum absolute atomic E-state index is 0.0125. The molecule has 1 heterocycles. The topological polar surface area (TPSA) is 42.0 Å². The van der Waals surface area contributed by atoms with Crippen LogP contribution in [-0.2, 0) is 4.79 Å².